The molecule has 0 unspecified atom stereocenters. The van der Waals surface area contributed by atoms with E-state index in [1.165, 1.54) is 0 Å². The number of rotatable bonds is 6. The number of carbonyl (C=O) groups is 1. The van der Waals surface area contributed by atoms with Crippen LogP contribution in [0.15, 0.2) is 36.8 Å². The summed E-state index contributed by atoms with van der Waals surface area (Å²) in [7, 11) is 0. The Morgan fingerprint density at radius 2 is 2.16 bits per heavy atom. The summed E-state index contributed by atoms with van der Waals surface area (Å²) in [5, 5.41) is 8.81. The number of hydrogen-bond donors (Lipinski definition) is 3. The summed E-state index contributed by atoms with van der Waals surface area (Å²) >= 11 is 0. The van der Waals surface area contributed by atoms with Crippen LogP contribution < -0.4 is 11.1 Å². The van der Waals surface area contributed by atoms with Gasteiger partial charge in [0.25, 0.3) is 5.91 Å². The van der Waals surface area contributed by atoms with Crippen molar-refractivity contribution >= 4 is 28.4 Å². The Morgan fingerprint density at radius 1 is 1.32 bits per heavy atom. The van der Waals surface area contributed by atoms with Crippen LogP contribution in [0.4, 0.5) is 5.95 Å². The molecule has 9 heteroatoms. The first-order valence-electron chi connectivity index (χ1n) is 10.6. The maximum Gasteiger partial charge on any atom is 0.253 e. The SMILES string of the molecule is CCO[C@H]1CC[C@@H](Nc2ncc3c(-c4nn5ccccc5c4C(N)=O)c[nH]c3n2)CC1. The van der Waals surface area contributed by atoms with Gasteiger partial charge in [-0.3, -0.25) is 4.79 Å². The van der Waals surface area contributed by atoms with Gasteiger partial charge in [0.1, 0.15) is 11.3 Å². The average Bonchev–Trinajstić information content (AvgIpc) is 3.36. The lowest BCUT2D eigenvalue weighted by Gasteiger charge is -2.28. The molecule has 1 aliphatic rings. The lowest BCUT2D eigenvalue weighted by atomic mass is 9.93. The zero-order chi connectivity index (χ0) is 21.4. The summed E-state index contributed by atoms with van der Waals surface area (Å²) in [6.07, 6.45) is 9.87. The number of nitrogens with two attached hydrogens (primary N) is 1. The van der Waals surface area contributed by atoms with E-state index in [0.717, 1.165) is 43.2 Å². The second-order valence-electron chi connectivity index (χ2n) is 7.85. The van der Waals surface area contributed by atoms with Gasteiger partial charge >= 0.3 is 0 Å². The molecule has 4 heterocycles. The zero-order valence-corrected chi connectivity index (χ0v) is 17.3. The molecule has 0 aromatic carbocycles. The molecule has 1 fully saturated rings. The third-order valence-corrected chi connectivity index (χ3v) is 5.88. The van der Waals surface area contributed by atoms with Crippen LogP contribution in [0.2, 0.25) is 0 Å². The molecule has 0 aliphatic heterocycles. The smallest absolute Gasteiger partial charge is 0.253 e. The number of aromatic nitrogens is 5. The third-order valence-electron chi connectivity index (χ3n) is 5.88. The monoisotopic (exact) mass is 419 g/mol. The molecule has 0 atom stereocenters. The Morgan fingerprint density at radius 3 is 2.94 bits per heavy atom. The van der Waals surface area contributed by atoms with Gasteiger partial charge in [-0.1, -0.05) is 6.07 Å². The lowest BCUT2D eigenvalue weighted by Crippen LogP contribution is -2.30. The highest BCUT2D eigenvalue weighted by Crippen LogP contribution is 2.32. The number of anilines is 1. The minimum Gasteiger partial charge on any atom is -0.379 e. The fourth-order valence-corrected chi connectivity index (χ4v) is 4.39. The van der Waals surface area contributed by atoms with Crippen molar-refractivity contribution in [3.8, 4) is 11.3 Å². The number of amides is 1. The first-order valence-corrected chi connectivity index (χ1v) is 10.6. The average molecular weight is 419 g/mol. The molecule has 4 aromatic heterocycles. The van der Waals surface area contributed by atoms with Crippen molar-refractivity contribution in [1.82, 2.24) is 24.6 Å². The van der Waals surface area contributed by atoms with Crippen LogP contribution in [0.5, 0.6) is 0 Å². The van der Waals surface area contributed by atoms with Crippen molar-refractivity contribution in [3.63, 3.8) is 0 Å². The molecule has 0 radical (unpaired) electrons. The van der Waals surface area contributed by atoms with E-state index < -0.39 is 5.91 Å². The molecule has 0 bridgehead atoms. The number of aromatic amines is 1. The molecule has 5 rings (SSSR count). The predicted molar refractivity (Wildman–Crippen MR) is 118 cm³/mol. The van der Waals surface area contributed by atoms with E-state index >= 15 is 0 Å². The number of pyridine rings is 1. The highest BCUT2D eigenvalue weighted by molar-refractivity contribution is 6.08. The van der Waals surface area contributed by atoms with Crippen molar-refractivity contribution < 1.29 is 9.53 Å². The number of H-pyrrole nitrogens is 1. The maximum absolute atomic E-state index is 12.2. The van der Waals surface area contributed by atoms with Gasteiger partial charge in [0.15, 0.2) is 0 Å². The topological polar surface area (TPSA) is 123 Å². The fraction of sp³-hybridized carbons (Fsp3) is 0.364. The van der Waals surface area contributed by atoms with Crippen LogP contribution in [0.25, 0.3) is 27.8 Å². The summed E-state index contributed by atoms with van der Waals surface area (Å²) in [4.78, 5) is 24.5. The second-order valence-corrected chi connectivity index (χ2v) is 7.85. The number of ether oxygens (including phenoxy) is 1. The molecular formula is C22H25N7O2. The number of primary amides is 1. The van der Waals surface area contributed by atoms with Gasteiger partial charge in [-0.05, 0) is 44.7 Å². The Labute approximate surface area is 179 Å². The van der Waals surface area contributed by atoms with Crippen molar-refractivity contribution in [3.05, 3.63) is 42.4 Å². The van der Waals surface area contributed by atoms with Crippen LogP contribution in [-0.2, 0) is 4.74 Å². The largest absolute Gasteiger partial charge is 0.379 e. The summed E-state index contributed by atoms with van der Waals surface area (Å²) in [6.45, 7) is 2.80. The fourth-order valence-electron chi connectivity index (χ4n) is 4.39. The minimum absolute atomic E-state index is 0.337. The van der Waals surface area contributed by atoms with E-state index in [4.69, 9.17) is 10.5 Å². The van der Waals surface area contributed by atoms with Crippen LogP contribution >= 0.6 is 0 Å². The molecular weight excluding hydrogens is 394 g/mol. The summed E-state index contributed by atoms with van der Waals surface area (Å²) in [5.74, 6) is 0.0679. The van der Waals surface area contributed by atoms with Crippen LogP contribution in [0.1, 0.15) is 43.0 Å². The molecule has 9 nitrogen and oxygen atoms in total. The first-order chi connectivity index (χ1) is 15.1. The van der Waals surface area contributed by atoms with Crippen molar-refractivity contribution in [2.75, 3.05) is 11.9 Å². The van der Waals surface area contributed by atoms with Gasteiger partial charge in [0.2, 0.25) is 5.95 Å². The van der Waals surface area contributed by atoms with Gasteiger partial charge in [-0.25, -0.2) is 9.50 Å². The van der Waals surface area contributed by atoms with E-state index in [1.54, 1.807) is 23.1 Å². The van der Waals surface area contributed by atoms with Crippen LogP contribution in [0.3, 0.4) is 0 Å². The third kappa shape index (κ3) is 3.61. The minimum atomic E-state index is -0.521. The van der Waals surface area contributed by atoms with Gasteiger partial charge in [-0.2, -0.15) is 10.1 Å². The number of carbonyl (C=O) groups excluding carboxylic acids is 1. The van der Waals surface area contributed by atoms with E-state index in [2.05, 4.69) is 25.4 Å². The summed E-state index contributed by atoms with van der Waals surface area (Å²) < 4.78 is 7.38. The van der Waals surface area contributed by atoms with Crippen molar-refractivity contribution in [1.29, 1.82) is 0 Å². The van der Waals surface area contributed by atoms with Gasteiger partial charge < -0.3 is 20.8 Å². The molecule has 0 spiro atoms. The maximum atomic E-state index is 12.2. The molecule has 160 valence electrons. The Bertz CT molecular complexity index is 1240. The molecule has 4 N–H and O–H groups in total. The number of hydrogen-bond acceptors (Lipinski definition) is 6. The standard InChI is InChI=1S/C22H25N7O2/c1-2-31-14-8-6-13(7-9-14)26-22-25-12-16-15(11-24-21(16)27-22)19-18(20(23)30)17-5-3-4-10-29(17)28-19/h3-5,10-14H,2,6-9H2,1H3,(H2,23,30)(H2,24,25,26,27)/t13-,14+. The molecule has 0 saturated heterocycles. The van der Waals surface area contributed by atoms with Crippen LogP contribution in [-0.4, -0.2) is 49.2 Å². The lowest BCUT2D eigenvalue weighted by molar-refractivity contribution is 0.0346. The van der Waals surface area contributed by atoms with Crippen molar-refractivity contribution in [2.24, 2.45) is 5.73 Å². The number of nitrogens with zero attached hydrogens (tertiary/aromatic N) is 4. The number of fused-ring (bicyclic) bond motifs is 2. The Hall–Kier alpha value is -3.46. The Kier molecular flexibility index (Phi) is 5.03. The van der Waals surface area contributed by atoms with Gasteiger partial charge in [-0.15, -0.1) is 0 Å². The first kappa shape index (κ1) is 19.5. The molecule has 31 heavy (non-hydrogen) atoms. The Balaban J connectivity index is 1.43. The van der Waals surface area contributed by atoms with E-state index in [9.17, 15) is 4.79 Å². The normalized spacial score (nSPS) is 19.1. The molecule has 1 saturated carbocycles. The van der Waals surface area contributed by atoms with E-state index in [-0.39, 0.29) is 0 Å². The van der Waals surface area contributed by atoms with Crippen molar-refractivity contribution in [2.45, 2.75) is 44.8 Å². The quantitative estimate of drug-likeness (QED) is 0.441. The van der Waals surface area contributed by atoms with E-state index in [1.807, 2.05) is 25.1 Å². The molecule has 1 aliphatic carbocycles. The zero-order valence-electron chi connectivity index (χ0n) is 17.3. The highest BCUT2D eigenvalue weighted by atomic mass is 16.5. The highest BCUT2D eigenvalue weighted by Gasteiger charge is 2.23. The predicted octanol–water partition coefficient (Wildman–Crippen LogP) is 3.13. The number of nitrogens with one attached hydrogen (secondary N) is 2. The van der Waals surface area contributed by atoms with E-state index in [0.29, 0.717) is 40.5 Å². The van der Waals surface area contributed by atoms with Crippen LogP contribution in [0, 0.1) is 0 Å². The summed E-state index contributed by atoms with van der Waals surface area (Å²) in [6, 6.07) is 5.87. The molecule has 4 aromatic rings. The van der Waals surface area contributed by atoms with Gasteiger partial charge in [0, 0.05) is 42.2 Å². The molecule has 1 amide bonds. The van der Waals surface area contributed by atoms with Gasteiger partial charge in [0.05, 0.1) is 17.2 Å². The summed E-state index contributed by atoms with van der Waals surface area (Å²) in [5.41, 5.74) is 8.68. The second kappa shape index (κ2) is 7.99.